The van der Waals surface area contributed by atoms with Gasteiger partial charge in [-0.2, -0.15) is 0 Å². The fourth-order valence-corrected chi connectivity index (χ4v) is 5.24. The number of nitrogens with zero attached hydrogens (tertiary/aromatic N) is 4. The maximum atomic E-state index is 5.23. The fourth-order valence-electron chi connectivity index (χ4n) is 5.24. The van der Waals surface area contributed by atoms with Gasteiger partial charge in [0.1, 0.15) is 5.75 Å². The summed E-state index contributed by atoms with van der Waals surface area (Å²) in [6, 6.07) is 13.1. The summed E-state index contributed by atoms with van der Waals surface area (Å²) < 4.78 is 5.23. The van der Waals surface area contributed by atoms with Gasteiger partial charge in [0.2, 0.25) is 0 Å². The Bertz CT molecular complexity index is 798. The van der Waals surface area contributed by atoms with E-state index in [1.54, 1.807) is 7.11 Å². The Labute approximate surface area is 174 Å². The lowest BCUT2D eigenvalue weighted by atomic mass is 9.70. The minimum atomic E-state index is 0.577. The first-order valence-electron chi connectivity index (χ1n) is 11.2. The lowest BCUT2D eigenvalue weighted by molar-refractivity contribution is 0.0305. The molecule has 29 heavy (non-hydrogen) atoms. The molecule has 3 fully saturated rings. The van der Waals surface area contributed by atoms with Crippen molar-refractivity contribution in [1.29, 1.82) is 0 Å². The first-order valence-corrected chi connectivity index (χ1v) is 11.2. The summed E-state index contributed by atoms with van der Waals surface area (Å²) in [6.45, 7) is 4.86. The van der Waals surface area contributed by atoms with Gasteiger partial charge in [0.25, 0.3) is 0 Å². The van der Waals surface area contributed by atoms with Crippen LogP contribution in [0.5, 0.6) is 5.75 Å². The lowest BCUT2D eigenvalue weighted by Gasteiger charge is -2.50. The van der Waals surface area contributed by atoms with Crippen LogP contribution in [-0.2, 0) is 0 Å². The van der Waals surface area contributed by atoms with Gasteiger partial charge in [0, 0.05) is 24.7 Å². The van der Waals surface area contributed by atoms with Crippen LogP contribution in [0.15, 0.2) is 36.4 Å². The van der Waals surface area contributed by atoms with Gasteiger partial charge in [-0.15, -0.1) is 10.2 Å². The maximum absolute atomic E-state index is 5.23. The molecule has 2 aromatic rings. The van der Waals surface area contributed by atoms with Crippen molar-refractivity contribution in [2.24, 2.45) is 5.41 Å². The number of hydrogen-bond donors (Lipinski definition) is 0. The summed E-state index contributed by atoms with van der Waals surface area (Å²) in [4.78, 5) is 5.19. The van der Waals surface area contributed by atoms with Crippen LogP contribution >= 0.6 is 0 Å². The van der Waals surface area contributed by atoms with Crippen molar-refractivity contribution < 1.29 is 4.74 Å². The molecule has 0 atom stereocenters. The SMILES string of the molecule is COc1ccc(-c2ccc(N3CCC4(CC3)CCN(C3CCC3)CC4)nn2)cc1. The average molecular weight is 393 g/mol. The molecule has 1 aromatic carbocycles. The molecule has 2 saturated heterocycles. The Balaban J connectivity index is 1.17. The lowest BCUT2D eigenvalue weighted by Crippen LogP contribution is -2.51. The summed E-state index contributed by atoms with van der Waals surface area (Å²) in [5.41, 5.74) is 2.56. The summed E-state index contributed by atoms with van der Waals surface area (Å²) in [7, 11) is 1.68. The van der Waals surface area contributed by atoms with E-state index in [0.29, 0.717) is 5.41 Å². The third-order valence-corrected chi connectivity index (χ3v) is 7.63. The van der Waals surface area contributed by atoms with Crippen LogP contribution in [0, 0.1) is 5.41 Å². The largest absolute Gasteiger partial charge is 0.497 e. The minimum absolute atomic E-state index is 0.577. The zero-order valence-corrected chi connectivity index (χ0v) is 17.5. The number of piperidine rings is 2. The number of likely N-dealkylation sites (tertiary alicyclic amines) is 1. The number of rotatable bonds is 4. The molecule has 0 unspecified atom stereocenters. The Hall–Kier alpha value is -2.14. The third-order valence-electron chi connectivity index (χ3n) is 7.63. The first-order chi connectivity index (χ1) is 14.2. The van der Waals surface area contributed by atoms with E-state index in [1.165, 1.54) is 58.0 Å². The molecule has 1 aromatic heterocycles. The van der Waals surface area contributed by atoms with Crippen molar-refractivity contribution in [3.8, 4) is 17.0 Å². The van der Waals surface area contributed by atoms with Gasteiger partial charge in [-0.1, -0.05) is 6.42 Å². The standard InChI is InChI=1S/C24H32N4O/c1-29-21-7-5-19(6-8-21)22-9-10-23(26-25-22)28-17-13-24(14-18-28)11-15-27(16-12-24)20-3-2-4-20/h5-10,20H,2-4,11-18H2,1H3. The second kappa shape index (κ2) is 7.94. The number of aromatic nitrogens is 2. The van der Waals surface area contributed by atoms with Gasteiger partial charge >= 0.3 is 0 Å². The molecule has 3 heterocycles. The van der Waals surface area contributed by atoms with Gasteiger partial charge < -0.3 is 14.5 Å². The van der Waals surface area contributed by atoms with E-state index < -0.39 is 0 Å². The highest BCUT2D eigenvalue weighted by Gasteiger charge is 2.39. The second-order valence-corrected chi connectivity index (χ2v) is 9.11. The fraction of sp³-hybridized carbons (Fsp3) is 0.583. The van der Waals surface area contributed by atoms with E-state index in [9.17, 15) is 0 Å². The maximum Gasteiger partial charge on any atom is 0.151 e. The van der Waals surface area contributed by atoms with Crippen LogP contribution in [0.1, 0.15) is 44.9 Å². The molecule has 5 nitrogen and oxygen atoms in total. The van der Waals surface area contributed by atoms with Crippen LogP contribution in [0.2, 0.25) is 0 Å². The van der Waals surface area contributed by atoms with Crippen LogP contribution in [0.4, 0.5) is 5.82 Å². The van der Waals surface area contributed by atoms with Crippen LogP contribution < -0.4 is 9.64 Å². The molecule has 5 rings (SSSR count). The average Bonchev–Trinajstić information content (AvgIpc) is 2.75. The van der Waals surface area contributed by atoms with Crippen molar-refractivity contribution >= 4 is 5.82 Å². The number of ether oxygens (including phenoxy) is 1. The van der Waals surface area contributed by atoms with E-state index in [0.717, 1.165) is 42.0 Å². The summed E-state index contributed by atoms with van der Waals surface area (Å²) >= 11 is 0. The molecule has 1 aliphatic carbocycles. The van der Waals surface area contributed by atoms with Gasteiger partial charge in [0.05, 0.1) is 12.8 Å². The van der Waals surface area contributed by atoms with Crippen molar-refractivity contribution in [3.05, 3.63) is 36.4 Å². The minimum Gasteiger partial charge on any atom is -0.497 e. The van der Waals surface area contributed by atoms with Crippen LogP contribution in [0.3, 0.4) is 0 Å². The number of anilines is 1. The quantitative estimate of drug-likeness (QED) is 0.772. The monoisotopic (exact) mass is 392 g/mol. The molecular formula is C24H32N4O. The number of benzene rings is 1. The molecule has 0 amide bonds. The predicted octanol–water partition coefficient (Wildman–Crippen LogP) is 4.39. The molecule has 1 spiro atoms. The van der Waals surface area contributed by atoms with Gasteiger partial charge in [-0.25, -0.2) is 0 Å². The third kappa shape index (κ3) is 3.85. The summed E-state index contributed by atoms with van der Waals surface area (Å²) in [5.74, 6) is 1.88. The van der Waals surface area contributed by atoms with E-state index in [1.807, 2.05) is 24.3 Å². The Morgan fingerprint density at radius 3 is 2.10 bits per heavy atom. The Morgan fingerprint density at radius 1 is 0.862 bits per heavy atom. The van der Waals surface area contributed by atoms with Gasteiger partial charge in [-0.3, -0.25) is 0 Å². The van der Waals surface area contributed by atoms with Crippen LogP contribution in [-0.4, -0.2) is 54.4 Å². The molecule has 154 valence electrons. The molecule has 0 bridgehead atoms. The van der Waals surface area contributed by atoms with Crippen molar-refractivity contribution in [2.45, 2.75) is 51.0 Å². The first kappa shape index (κ1) is 18.9. The van der Waals surface area contributed by atoms with Gasteiger partial charge in [-0.05, 0) is 93.4 Å². The predicted molar refractivity (Wildman–Crippen MR) is 116 cm³/mol. The molecule has 3 aliphatic rings. The van der Waals surface area contributed by atoms with E-state index >= 15 is 0 Å². The van der Waals surface area contributed by atoms with E-state index in [4.69, 9.17) is 4.74 Å². The van der Waals surface area contributed by atoms with Gasteiger partial charge in [0.15, 0.2) is 5.82 Å². The number of hydrogen-bond acceptors (Lipinski definition) is 5. The Kier molecular flexibility index (Phi) is 5.17. The highest BCUT2D eigenvalue weighted by atomic mass is 16.5. The zero-order valence-electron chi connectivity index (χ0n) is 17.5. The molecule has 5 heteroatoms. The van der Waals surface area contributed by atoms with E-state index in [2.05, 4.69) is 32.1 Å². The zero-order chi connectivity index (χ0) is 19.7. The number of methoxy groups -OCH3 is 1. The molecule has 0 radical (unpaired) electrons. The van der Waals surface area contributed by atoms with Crippen molar-refractivity contribution in [1.82, 2.24) is 15.1 Å². The van der Waals surface area contributed by atoms with Crippen molar-refractivity contribution in [2.75, 3.05) is 38.2 Å². The Morgan fingerprint density at radius 2 is 1.55 bits per heavy atom. The topological polar surface area (TPSA) is 41.5 Å². The normalized spacial score (nSPS) is 22.4. The highest BCUT2D eigenvalue weighted by molar-refractivity contribution is 5.60. The second-order valence-electron chi connectivity index (χ2n) is 9.11. The summed E-state index contributed by atoms with van der Waals surface area (Å²) in [6.07, 6.45) is 9.69. The smallest absolute Gasteiger partial charge is 0.151 e. The molecular weight excluding hydrogens is 360 g/mol. The van der Waals surface area contributed by atoms with Crippen LogP contribution in [0.25, 0.3) is 11.3 Å². The molecule has 2 aliphatic heterocycles. The molecule has 1 saturated carbocycles. The molecule has 0 N–H and O–H groups in total. The van der Waals surface area contributed by atoms with Crippen molar-refractivity contribution in [3.63, 3.8) is 0 Å². The summed E-state index contributed by atoms with van der Waals surface area (Å²) in [5, 5.41) is 9.03. The van der Waals surface area contributed by atoms with E-state index in [-0.39, 0.29) is 0 Å². The highest BCUT2D eigenvalue weighted by Crippen LogP contribution is 2.43.